The van der Waals surface area contributed by atoms with Crippen molar-refractivity contribution in [3.63, 3.8) is 0 Å². The summed E-state index contributed by atoms with van der Waals surface area (Å²) < 4.78 is 0. The molecule has 1 rings (SSSR count). The van der Waals surface area contributed by atoms with E-state index in [1.807, 2.05) is 0 Å². The number of rotatable bonds is 2. The molecule has 0 spiro atoms. The molecule has 0 amide bonds. The quantitative estimate of drug-likeness (QED) is 0.559. The second-order valence-electron chi connectivity index (χ2n) is 4.22. The molecule has 0 aromatic carbocycles. The van der Waals surface area contributed by atoms with Gasteiger partial charge < -0.3 is 0 Å². The molecule has 0 heterocycles. The molecule has 1 heteroatoms. The van der Waals surface area contributed by atoms with Crippen molar-refractivity contribution in [3.05, 3.63) is 0 Å². The topological polar surface area (TPSA) is 12.4 Å². The standard InChI is InChI=1S/C11H21N/c1-9(2)10(3)12-11-7-5-4-6-8-11/h9,11H,4-8H2,1-3H3. The summed E-state index contributed by atoms with van der Waals surface area (Å²) in [6.07, 6.45) is 6.85. The fourth-order valence-corrected chi connectivity index (χ4v) is 1.65. The van der Waals surface area contributed by atoms with Crippen LogP contribution in [0.2, 0.25) is 0 Å². The van der Waals surface area contributed by atoms with Crippen molar-refractivity contribution in [2.75, 3.05) is 0 Å². The van der Waals surface area contributed by atoms with Gasteiger partial charge in [0.05, 0.1) is 0 Å². The Bertz CT molecular complexity index is 152. The Hall–Kier alpha value is -0.330. The molecular weight excluding hydrogens is 146 g/mol. The second kappa shape index (κ2) is 4.64. The van der Waals surface area contributed by atoms with Crippen LogP contribution in [-0.4, -0.2) is 11.8 Å². The smallest absolute Gasteiger partial charge is 0.0499 e. The zero-order chi connectivity index (χ0) is 8.97. The van der Waals surface area contributed by atoms with E-state index in [-0.39, 0.29) is 0 Å². The van der Waals surface area contributed by atoms with E-state index < -0.39 is 0 Å². The average molecular weight is 167 g/mol. The molecule has 0 radical (unpaired) electrons. The molecule has 0 unspecified atom stereocenters. The van der Waals surface area contributed by atoms with Crippen molar-refractivity contribution in [3.8, 4) is 0 Å². The molecule has 0 N–H and O–H groups in total. The molecule has 1 aliphatic carbocycles. The Morgan fingerprint density at radius 1 is 1.17 bits per heavy atom. The van der Waals surface area contributed by atoms with Gasteiger partial charge in [-0.05, 0) is 25.7 Å². The third-order valence-corrected chi connectivity index (χ3v) is 2.80. The third kappa shape index (κ3) is 2.96. The maximum atomic E-state index is 4.75. The van der Waals surface area contributed by atoms with Gasteiger partial charge >= 0.3 is 0 Å². The van der Waals surface area contributed by atoms with E-state index in [4.69, 9.17) is 4.99 Å². The zero-order valence-corrected chi connectivity index (χ0v) is 8.64. The van der Waals surface area contributed by atoms with Gasteiger partial charge in [0.25, 0.3) is 0 Å². The summed E-state index contributed by atoms with van der Waals surface area (Å²) in [6, 6.07) is 0.654. The van der Waals surface area contributed by atoms with E-state index in [9.17, 15) is 0 Å². The van der Waals surface area contributed by atoms with Gasteiger partial charge in [-0.3, -0.25) is 4.99 Å². The molecule has 12 heavy (non-hydrogen) atoms. The number of nitrogens with zero attached hydrogens (tertiary/aromatic N) is 1. The van der Waals surface area contributed by atoms with Crippen LogP contribution in [0.4, 0.5) is 0 Å². The summed E-state index contributed by atoms with van der Waals surface area (Å²) >= 11 is 0. The molecule has 1 fully saturated rings. The molecule has 1 aliphatic rings. The van der Waals surface area contributed by atoms with Crippen molar-refractivity contribution >= 4 is 5.71 Å². The van der Waals surface area contributed by atoms with Gasteiger partial charge in [-0.2, -0.15) is 0 Å². The molecule has 70 valence electrons. The van der Waals surface area contributed by atoms with Crippen molar-refractivity contribution in [1.82, 2.24) is 0 Å². The van der Waals surface area contributed by atoms with Crippen LogP contribution < -0.4 is 0 Å². The van der Waals surface area contributed by atoms with Gasteiger partial charge in [-0.25, -0.2) is 0 Å². The predicted octanol–water partition coefficient (Wildman–Crippen LogP) is 3.44. The normalized spacial score (nSPS) is 21.8. The third-order valence-electron chi connectivity index (χ3n) is 2.80. The number of aliphatic imine (C=N–C) groups is 1. The Kier molecular flexibility index (Phi) is 3.77. The first-order valence-electron chi connectivity index (χ1n) is 5.24. The van der Waals surface area contributed by atoms with Gasteiger partial charge in [0.15, 0.2) is 0 Å². The number of hydrogen-bond donors (Lipinski definition) is 0. The second-order valence-corrected chi connectivity index (χ2v) is 4.22. The molecule has 0 aromatic rings. The maximum Gasteiger partial charge on any atom is 0.0499 e. The lowest BCUT2D eigenvalue weighted by molar-refractivity contribution is 0.442. The lowest BCUT2D eigenvalue weighted by Crippen LogP contribution is -2.14. The van der Waals surface area contributed by atoms with Crippen LogP contribution >= 0.6 is 0 Å². The SMILES string of the molecule is CC(=NC1CCCCC1)C(C)C. The monoisotopic (exact) mass is 167 g/mol. The molecule has 0 bridgehead atoms. The summed E-state index contributed by atoms with van der Waals surface area (Å²) in [4.78, 5) is 4.75. The fraction of sp³-hybridized carbons (Fsp3) is 0.909. The van der Waals surface area contributed by atoms with E-state index >= 15 is 0 Å². The summed E-state index contributed by atoms with van der Waals surface area (Å²) in [5.74, 6) is 0.631. The van der Waals surface area contributed by atoms with E-state index in [0.717, 1.165) is 0 Å². The van der Waals surface area contributed by atoms with Gasteiger partial charge in [-0.1, -0.05) is 33.1 Å². The Balaban J connectivity index is 2.41. The summed E-state index contributed by atoms with van der Waals surface area (Å²) in [7, 11) is 0. The molecule has 0 aliphatic heterocycles. The molecule has 1 nitrogen and oxygen atoms in total. The predicted molar refractivity (Wildman–Crippen MR) is 54.8 cm³/mol. The van der Waals surface area contributed by atoms with Crippen molar-refractivity contribution < 1.29 is 0 Å². The summed E-state index contributed by atoms with van der Waals surface area (Å²) in [5, 5.41) is 0. The van der Waals surface area contributed by atoms with Gasteiger partial charge in [0.1, 0.15) is 0 Å². The minimum atomic E-state index is 0.631. The molecule has 0 atom stereocenters. The van der Waals surface area contributed by atoms with Crippen LogP contribution in [0, 0.1) is 5.92 Å². The van der Waals surface area contributed by atoms with E-state index in [1.54, 1.807) is 0 Å². The fourth-order valence-electron chi connectivity index (χ4n) is 1.65. The largest absolute Gasteiger partial charge is 0.291 e. The van der Waals surface area contributed by atoms with Crippen LogP contribution in [-0.2, 0) is 0 Å². The molecule has 0 saturated heterocycles. The number of hydrogen-bond acceptors (Lipinski definition) is 1. The van der Waals surface area contributed by atoms with Crippen LogP contribution in [0.15, 0.2) is 4.99 Å². The van der Waals surface area contributed by atoms with Crippen molar-refractivity contribution in [2.24, 2.45) is 10.9 Å². The van der Waals surface area contributed by atoms with Crippen LogP contribution in [0.5, 0.6) is 0 Å². The van der Waals surface area contributed by atoms with E-state index in [2.05, 4.69) is 20.8 Å². The Morgan fingerprint density at radius 3 is 2.25 bits per heavy atom. The average Bonchev–Trinajstić information content (AvgIpc) is 2.06. The lowest BCUT2D eigenvalue weighted by Gasteiger charge is -2.19. The first-order valence-corrected chi connectivity index (χ1v) is 5.24. The first-order chi connectivity index (χ1) is 5.70. The van der Waals surface area contributed by atoms with Crippen LogP contribution in [0.25, 0.3) is 0 Å². The molecule has 1 saturated carbocycles. The van der Waals surface area contributed by atoms with Gasteiger partial charge in [0, 0.05) is 11.8 Å². The van der Waals surface area contributed by atoms with Crippen LogP contribution in [0.3, 0.4) is 0 Å². The first kappa shape index (κ1) is 9.76. The highest BCUT2D eigenvalue weighted by Crippen LogP contribution is 2.20. The maximum absolute atomic E-state index is 4.75. The molecular formula is C11H21N. The van der Waals surface area contributed by atoms with Crippen molar-refractivity contribution in [2.45, 2.75) is 58.9 Å². The van der Waals surface area contributed by atoms with Gasteiger partial charge in [-0.15, -0.1) is 0 Å². The lowest BCUT2D eigenvalue weighted by atomic mass is 9.95. The summed E-state index contributed by atoms with van der Waals surface area (Å²) in [6.45, 7) is 6.61. The van der Waals surface area contributed by atoms with E-state index in [0.29, 0.717) is 12.0 Å². The minimum Gasteiger partial charge on any atom is -0.291 e. The Labute approximate surface area is 76.3 Å². The van der Waals surface area contributed by atoms with E-state index in [1.165, 1.54) is 37.8 Å². The summed E-state index contributed by atoms with van der Waals surface area (Å²) in [5.41, 5.74) is 1.34. The minimum absolute atomic E-state index is 0.631. The highest BCUT2D eigenvalue weighted by molar-refractivity contribution is 5.83. The highest BCUT2D eigenvalue weighted by atomic mass is 14.8. The van der Waals surface area contributed by atoms with Gasteiger partial charge in [0.2, 0.25) is 0 Å². The van der Waals surface area contributed by atoms with Crippen LogP contribution in [0.1, 0.15) is 52.9 Å². The zero-order valence-electron chi connectivity index (χ0n) is 8.64. The highest BCUT2D eigenvalue weighted by Gasteiger charge is 2.12. The van der Waals surface area contributed by atoms with Crippen molar-refractivity contribution in [1.29, 1.82) is 0 Å². The molecule has 0 aromatic heterocycles. The Morgan fingerprint density at radius 2 is 1.75 bits per heavy atom.